The molecule has 2 rings (SSSR count). The minimum absolute atomic E-state index is 0.144. The summed E-state index contributed by atoms with van der Waals surface area (Å²) in [6, 6.07) is 10.2. The van der Waals surface area contributed by atoms with Gasteiger partial charge in [0.1, 0.15) is 0 Å². The lowest BCUT2D eigenvalue weighted by molar-refractivity contribution is 0.0956. The molecule has 5 heteroatoms. The molecule has 4 nitrogen and oxygen atoms in total. The molecule has 1 heterocycles. The molecule has 1 atom stereocenters. The predicted octanol–water partition coefficient (Wildman–Crippen LogP) is 2.04. The minimum atomic E-state index is -1.57. The molecule has 0 aliphatic heterocycles. The summed E-state index contributed by atoms with van der Waals surface area (Å²) < 4.78 is 19.1. The molecule has 0 fully saturated rings. The van der Waals surface area contributed by atoms with Crippen LogP contribution in [0, 0.1) is 6.92 Å². The van der Waals surface area contributed by atoms with Gasteiger partial charge in [-0.05, 0) is 31.2 Å². The smallest absolute Gasteiger partial charge is 0.298 e. The Hall–Kier alpha value is -1.88. The van der Waals surface area contributed by atoms with Crippen LogP contribution in [-0.2, 0) is 11.0 Å². The van der Waals surface area contributed by atoms with Gasteiger partial charge in [0.15, 0.2) is 16.7 Å². The van der Waals surface area contributed by atoms with E-state index in [-0.39, 0.29) is 5.76 Å². The van der Waals surface area contributed by atoms with Gasteiger partial charge in [-0.25, -0.2) is 4.21 Å². The first kappa shape index (κ1) is 11.6. The molecule has 2 aromatic rings. The highest BCUT2D eigenvalue weighted by molar-refractivity contribution is 7.83. The lowest BCUT2D eigenvalue weighted by Gasteiger charge is -2.03. The number of rotatable bonds is 3. The van der Waals surface area contributed by atoms with Gasteiger partial charge < -0.3 is 4.42 Å². The predicted molar refractivity (Wildman–Crippen MR) is 63.8 cm³/mol. The Balaban J connectivity index is 2.07. The Morgan fingerprint density at radius 3 is 2.53 bits per heavy atom. The maximum absolute atomic E-state index is 11.8. The van der Waals surface area contributed by atoms with Crippen LogP contribution >= 0.6 is 0 Å². The molecule has 0 aliphatic carbocycles. The van der Waals surface area contributed by atoms with Crippen LogP contribution in [0.4, 0.5) is 0 Å². The fraction of sp³-hybridized carbons (Fsp3) is 0.0833. The van der Waals surface area contributed by atoms with E-state index in [4.69, 9.17) is 4.42 Å². The molecule has 0 saturated carbocycles. The number of nitrogens with one attached hydrogen (secondary N) is 1. The van der Waals surface area contributed by atoms with Crippen LogP contribution < -0.4 is 4.72 Å². The molecular formula is C12H11NO3S. The zero-order chi connectivity index (χ0) is 12.3. The lowest BCUT2D eigenvalue weighted by Crippen LogP contribution is -2.25. The number of carbonyl (C=O) groups excluding carboxylic acids is 1. The van der Waals surface area contributed by atoms with Crippen molar-refractivity contribution in [2.24, 2.45) is 0 Å². The molecule has 1 aromatic heterocycles. The fourth-order valence-corrected chi connectivity index (χ4v) is 2.03. The molecule has 0 bridgehead atoms. The van der Waals surface area contributed by atoms with Gasteiger partial charge in [-0.3, -0.25) is 9.52 Å². The van der Waals surface area contributed by atoms with Gasteiger partial charge in [-0.2, -0.15) is 0 Å². The third kappa shape index (κ3) is 2.82. The van der Waals surface area contributed by atoms with Crippen molar-refractivity contribution in [3.8, 4) is 0 Å². The summed E-state index contributed by atoms with van der Waals surface area (Å²) in [6.45, 7) is 1.94. The van der Waals surface area contributed by atoms with Crippen molar-refractivity contribution in [2.45, 2.75) is 11.8 Å². The largest absolute Gasteiger partial charge is 0.459 e. The second-order valence-electron chi connectivity index (χ2n) is 3.49. The molecule has 17 heavy (non-hydrogen) atoms. The number of furan rings is 1. The van der Waals surface area contributed by atoms with Crippen LogP contribution in [0.1, 0.15) is 16.1 Å². The van der Waals surface area contributed by atoms with Gasteiger partial charge in [0, 0.05) is 0 Å². The first-order valence-electron chi connectivity index (χ1n) is 5.00. The number of benzene rings is 1. The molecule has 0 radical (unpaired) electrons. The van der Waals surface area contributed by atoms with Gasteiger partial charge in [-0.1, -0.05) is 17.7 Å². The highest BCUT2D eigenvalue weighted by Gasteiger charge is 2.12. The average molecular weight is 249 g/mol. The van der Waals surface area contributed by atoms with Crippen molar-refractivity contribution in [2.75, 3.05) is 0 Å². The molecular weight excluding hydrogens is 238 g/mol. The Labute approximate surface area is 101 Å². The third-order valence-corrected chi connectivity index (χ3v) is 3.24. The third-order valence-electron chi connectivity index (χ3n) is 2.17. The van der Waals surface area contributed by atoms with Crippen molar-refractivity contribution in [3.63, 3.8) is 0 Å². The van der Waals surface area contributed by atoms with E-state index in [0.717, 1.165) is 5.56 Å². The van der Waals surface area contributed by atoms with Crippen LogP contribution in [0.25, 0.3) is 0 Å². The average Bonchev–Trinajstić information content (AvgIpc) is 2.83. The maximum Gasteiger partial charge on any atom is 0.298 e. The van der Waals surface area contributed by atoms with Crippen LogP contribution in [-0.4, -0.2) is 10.1 Å². The van der Waals surface area contributed by atoms with Crippen LogP contribution in [0.15, 0.2) is 52.0 Å². The van der Waals surface area contributed by atoms with E-state index < -0.39 is 16.9 Å². The Kier molecular flexibility index (Phi) is 3.39. The summed E-state index contributed by atoms with van der Waals surface area (Å²) in [7, 11) is -1.57. The fourth-order valence-electron chi connectivity index (χ4n) is 1.26. The molecule has 88 valence electrons. The van der Waals surface area contributed by atoms with E-state index in [1.54, 1.807) is 18.2 Å². The number of hydrogen-bond acceptors (Lipinski definition) is 3. The zero-order valence-electron chi connectivity index (χ0n) is 9.17. The van der Waals surface area contributed by atoms with Crippen molar-refractivity contribution in [1.82, 2.24) is 4.72 Å². The standard InChI is InChI=1S/C12H11NO3S/c1-9-4-6-10(7-5-9)17(15)13-12(14)11-3-2-8-16-11/h2-8H,1H3,(H,13,14)/t17-/m0/s1. The van der Waals surface area contributed by atoms with E-state index in [1.807, 2.05) is 19.1 Å². The normalized spacial score (nSPS) is 12.1. The van der Waals surface area contributed by atoms with Gasteiger partial charge in [0.2, 0.25) is 0 Å². The van der Waals surface area contributed by atoms with Crippen LogP contribution in [0.3, 0.4) is 0 Å². The summed E-state index contributed by atoms with van der Waals surface area (Å²) in [5.41, 5.74) is 1.07. The van der Waals surface area contributed by atoms with Crippen molar-refractivity contribution in [1.29, 1.82) is 0 Å². The van der Waals surface area contributed by atoms with E-state index in [1.165, 1.54) is 12.3 Å². The number of carbonyl (C=O) groups is 1. The van der Waals surface area contributed by atoms with Crippen LogP contribution in [0.5, 0.6) is 0 Å². The molecule has 0 saturated heterocycles. The summed E-state index contributed by atoms with van der Waals surface area (Å²) in [4.78, 5) is 12.1. The second kappa shape index (κ2) is 4.97. The molecule has 0 aliphatic rings. The Bertz CT molecular complexity index is 531. The van der Waals surface area contributed by atoms with Crippen molar-refractivity contribution < 1.29 is 13.4 Å². The monoisotopic (exact) mass is 249 g/mol. The molecule has 1 N–H and O–H groups in total. The Morgan fingerprint density at radius 2 is 1.94 bits per heavy atom. The number of hydrogen-bond donors (Lipinski definition) is 1. The molecule has 0 unspecified atom stereocenters. The zero-order valence-corrected chi connectivity index (χ0v) is 9.99. The molecule has 0 spiro atoms. The summed E-state index contributed by atoms with van der Waals surface area (Å²) in [5.74, 6) is -0.348. The van der Waals surface area contributed by atoms with E-state index in [0.29, 0.717) is 4.90 Å². The quantitative estimate of drug-likeness (QED) is 0.905. The number of amides is 1. The highest BCUT2D eigenvalue weighted by Crippen LogP contribution is 2.07. The molecule has 1 amide bonds. The van der Waals surface area contributed by atoms with Gasteiger partial charge in [-0.15, -0.1) is 0 Å². The molecule has 1 aromatic carbocycles. The summed E-state index contributed by atoms with van der Waals surface area (Å²) >= 11 is 0. The topological polar surface area (TPSA) is 59.3 Å². The van der Waals surface area contributed by atoms with Gasteiger partial charge in [0.25, 0.3) is 5.91 Å². The SMILES string of the molecule is Cc1ccc([S@](=O)NC(=O)c2ccco2)cc1. The lowest BCUT2D eigenvalue weighted by atomic mass is 10.2. The summed E-state index contributed by atoms with van der Waals surface area (Å²) in [5, 5.41) is 0. The number of aryl methyl sites for hydroxylation is 1. The Morgan fingerprint density at radius 1 is 1.24 bits per heavy atom. The summed E-state index contributed by atoms with van der Waals surface area (Å²) in [6.07, 6.45) is 1.39. The van der Waals surface area contributed by atoms with Crippen molar-refractivity contribution >= 4 is 16.9 Å². The second-order valence-corrected chi connectivity index (χ2v) is 4.70. The first-order valence-corrected chi connectivity index (χ1v) is 6.15. The van der Waals surface area contributed by atoms with E-state index >= 15 is 0 Å². The highest BCUT2D eigenvalue weighted by atomic mass is 32.2. The van der Waals surface area contributed by atoms with Gasteiger partial charge >= 0.3 is 0 Å². The van der Waals surface area contributed by atoms with Crippen molar-refractivity contribution in [3.05, 3.63) is 54.0 Å². The van der Waals surface area contributed by atoms with Crippen LogP contribution in [0.2, 0.25) is 0 Å². The van der Waals surface area contributed by atoms with E-state index in [9.17, 15) is 9.00 Å². The maximum atomic E-state index is 11.8. The minimum Gasteiger partial charge on any atom is -0.459 e. The van der Waals surface area contributed by atoms with Gasteiger partial charge in [0.05, 0.1) is 11.2 Å². The van der Waals surface area contributed by atoms with E-state index in [2.05, 4.69) is 4.72 Å². The first-order chi connectivity index (χ1) is 8.16.